The Bertz CT molecular complexity index is 2580. The topological polar surface area (TPSA) is 296 Å². The summed E-state index contributed by atoms with van der Waals surface area (Å²) >= 11 is 0. The predicted octanol–water partition coefficient (Wildman–Crippen LogP) is 9.65. The van der Waals surface area contributed by atoms with Crippen LogP contribution in [0.5, 0.6) is 11.5 Å². The number of rotatable bonds is 26. The fraction of sp³-hybridized carbons (Fsp3) is 0.661. The second kappa shape index (κ2) is 33.4. The Morgan fingerprint density at radius 2 is 1.22 bits per heavy atom. The fourth-order valence-electron chi connectivity index (χ4n) is 8.86. The van der Waals surface area contributed by atoms with Crippen LogP contribution in [0.1, 0.15) is 191 Å². The van der Waals surface area contributed by atoms with Crippen LogP contribution in [0.25, 0.3) is 11.1 Å². The summed E-state index contributed by atoms with van der Waals surface area (Å²) in [5.74, 6) is -4.41. The number of carboxylic acid groups (broad SMARTS) is 1. The monoisotopic (exact) mass is 1200 g/mol. The van der Waals surface area contributed by atoms with Crippen molar-refractivity contribution >= 4 is 54.0 Å². The third-order valence-corrected chi connectivity index (χ3v) is 12.8. The highest BCUT2D eigenvalue weighted by atomic mass is 16.7. The molecule has 0 spiro atoms. The lowest BCUT2D eigenvalue weighted by Gasteiger charge is -2.33. The van der Waals surface area contributed by atoms with Crippen molar-refractivity contribution in [3.63, 3.8) is 0 Å². The number of ether oxygens (including phenoxy) is 6. The Kier molecular flexibility index (Phi) is 28.3. The van der Waals surface area contributed by atoms with E-state index < -0.39 is 101 Å². The van der Waals surface area contributed by atoms with Gasteiger partial charge in [0.25, 0.3) is 0 Å². The highest BCUT2D eigenvalue weighted by Crippen LogP contribution is 2.40. The molecule has 0 aliphatic carbocycles. The molecule has 4 atom stereocenters. The Balaban J connectivity index is 2.21. The van der Waals surface area contributed by atoms with Crippen molar-refractivity contribution in [3.8, 4) is 22.6 Å². The maximum Gasteiger partial charge on any atom is 0.514 e. The van der Waals surface area contributed by atoms with Gasteiger partial charge in [-0.3, -0.25) is 19.2 Å². The first-order chi connectivity index (χ1) is 39.6. The summed E-state index contributed by atoms with van der Waals surface area (Å²) in [6.45, 7) is 24.3. The summed E-state index contributed by atoms with van der Waals surface area (Å²) in [5.41, 5.74) is -2.51. The average molecular weight is 1200 g/mol. The van der Waals surface area contributed by atoms with E-state index in [4.69, 9.17) is 28.4 Å². The van der Waals surface area contributed by atoms with Gasteiger partial charge in [-0.25, -0.2) is 24.0 Å². The lowest BCUT2D eigenvalue weighted by Crippen LogP contribution is -2.55. The van der Waals surface area contributed by atoms with Crippen molar-refractivity contribution < 1.29 is 76.7 Å². The van der Waals surface area contributed by atoms with Gasteiger partial charge >= 0.3 is 30.4 Å². The molecule has 0 unspecified atom stereocenters. The van der Waals surface area contributed by atoms with Crippen LogP contribution in [-0.4, -0.2) is 149 Å². The Labute approximate surface area is 502 Å². The minimum Gasteiger partial charge on any atom is -0.491 e. The van der Waals surface area contributed by atoms with Crippen molar-refractivity contribution in [2.45, 2.75) is 227 Å². The van der Waals surface area contributed by atoms with Crippen molar-refractivity contribution in [1.82, 2.24) is 36.4 Å². The largest absolute Gasteiger partial charge is 0.514 e. The standard InChI is InChI=1S/C62H97N7O16/c1-16-17-18-19-20-21-22-25-34-69(57(78)84-61(9,10)11)35-31-49(70)66-45(26-23-24-32-63-55(76)82-59(3,4)5)53(73)68(15)50-42-28-30-47(80-36-33-64-56(77)83-60(6,7)8)44(39-42)43-37-41(27-29-48(43)81-58(79)85-62(12,13)14)38-46(54(74)75)67-51(71)40(2)65-52(50)72/h27-30,37,39-40,45-46,50H,16-26,31-36,38H2,1-15H3,(H,63,76)(H,64,77)(H,65,72)(H,66,70)(H,67,71)(H,74,75)/t40-,45-,46-,50-/m0/s1. The molecule has 7 amide bonds. The van der Waals surface area contributed by atoms with Gasteiger partial charge in [-0.1, -0.05) is 64.0 Å². The average Bonchev–Trinajstić information content (AvgIpc) is 1.41. The Morgan fingerprint density at radius 3 is 1.81 bits per heavy atom. The molecule has 4 bridgehead atoms. The van der Waals surface area contributed by atoms with Gasteiger partial charge < -0.3 is 69.9 Å². The van der Waals surface area contributed by atoms with Gasteiger partial charge in [0.15, 0.2) is 0 Å². The molecule has 1 aliphatic heterocycles. The summed E-state index contributed by atoms with van der Waals surface area (Å²) in [6.07, 6.45) is 5.42. The lowest BCUT2D eigenvalue weighted by molar-refractivity contribution is -0.144. The number of benzene rings is 2. The van der Waals surface area contributed by atoms with Gasteiger partial charge in [-0.05, 0) is 151 Å². The molecule has 476 valence electrons. The number of hydrogen-bond donors (Lipinski definition) is 6. The first-order valence-corrected chi connectivity index (χ1v) is 29.7. The third kappa shape index (κ3) is 27.5. The number of carbonyl (C=O) groups is 9. The first-order valence-electron chi connectivity index (χ1n) is 29.7. The van der Waals surface area contributed by atoms with Gasteiger partial charge in [0.2, 0.25) is 23.6 Å². The zero-order chi connectivity index (χ0) is 63.9. The molecule has 0 radical (unpaired) electrons. The molecule has 2 aromatic rings. The van der Waals surface area contributed by atoms with Gasteiger partial charge in [0.1, 0.15) is 64.7 Å². The van der Waals surface area contributed by atoms with E-state index in [1.54, 1.807) is 83.1 Å². The van der Waals surface area contributed by atoms with Crippen LogP contribution in [-0.2, 0) is 49.3 Å². The maximum atomic E-state index is 15.3. The molecular formula is C62H97N7O16. The number of carbonyl (C=O) groups excluding carboxylic acids is 8. The Hall–Kier alpha value is -7.33. The molecule has 3 rings (SSSR count). The van der Waals surface area contributed by atoms with Crippen LogP contribution in [0.3, 0.4) is 0 Å². The fourth-order valence-corrected chi connectivity index (χ4v) is 8.86. The molecule has 0 fully saturated rings. The van der Waals surface area contributed by atoms with Crippen LogP contribution in [0, 0.1) is 0 Å². The maximum absolute atomic E-state index is 15.3. The molecule has 2 aromatic carbocycles. The molecule has 23 nitrogen and oxygen atoms in total. The number of hydrogen-bond acceptors (Lipinski definition) is 15. The second-order valence-corrected chi connectivity index (χ2v) is 25.4. The zero-order valence-corrected chi connectivity index (χ0v) is 53.0. The number of unbranched alkanes of at least 4 members (excludes halogenated alkanes) is 8. The normalized spacial score (nSPS) is 16.0. The number of likely N-dealkylation sites (N-methyl/N-ethyl adjacent to an activating group) is 1. The number of carboxylic acids is 1. The Morgan fingerprint density at radius 1 is 0.659 bits per heavy atom. The molecule has 0 aromatic heterocycles. The smallest absolute Gasteiger partial charge is 0.491 e. The van der Waals surface area contributed by atoms with Crippen LogP contribution >= 0.6 is 0 Å². The zero-order valence-electron chi connectivity index (χ0n) is 53.0. The van der Waals surface area contributed by atoms with Gasteiger partial charge in [0.05, 0.1) is 6.54 Å². The third-order valence-electron chi connectivity index (χ3n) is 12.8. The van der Waals surface area contributed by atoms with E-state index in [2.05, 4.69) is 33.5 Å². The van der Waals surface area contributed by atoms with E-state index >= 15 is 4.79 Å². The number of nitrogens with one attached hydrogen (secondary N) is 5. The van der Waals surface area contributed by atoms with Crippen LogP contribution < -0.4 is 36.1 Å². The van der Waals surface area contributed by atoms with Gasteiger partial charge in [-0.2, -0.15) is 0 Å². The highest BCUT2D eigenvalue weighted by Gasteiger charge is 2.37. The van der Waals surface area contributed by atoms with E-state index in [1.807, 2.05) is 0 Å². The van der Waals surface area contributed by atoms with E-state index in [-0.39, 0.29) is 80.1 Å². The van der Waals surface area contributed by atoms with Gasteiger partial charge in [-0.15, -0.1) is 0 Å². The number of amides is 7. The van der Waals surface area contributed by atoms with Crippen LogP contribution in [0.2, 0.25) is 0 Å². The molecule has 0 saturated carbocycles. The molecule has 1 aliphatic rings. The van der Waals surface area contributed by atoms with Crippen molar-refractivity contribution in [2.24, 2.45) is 0 Å². The molecule has 0 saturated heterocycles. The molecule has 1 heterocycles. The summed E-state index contributed by atoms with van der Waals surface area (Å²) in [4.78, 5) is 126. The van der Waals surface area contributed by atoms with E-state index in [1.165, 1.54) is 68.1 Å². The number of nitrogens with zero attached hydrogens (tertiary/aromatic N) is 2. The molecule has 23 heteroatoms. The predicted molar refractivity (Wildman–Crippen MR) is 320 cm³/mol. The molecule has 6 N–H and O–H groups in total. The molecule has 85 heavy (non-hydrogen) atoms. The second-order valence-electron chi connectivity index (χ2n) is 25.4. The van der Waals surface area contributed by atoms with Crippen molar-refractivity contribution in [1.29, 1.82) is 0 Å². The minimum atomic E-state index is -1.59. The van der Waals surface area contributed by atoms with E-state index in [0.717, 1.165) is 37.0 Å². The summed E-state index contributed by atoms with van der Waals surface area (Å²) in [7, 11) is 1.35. The lowest BCUT2D eigenvalue weighted by atomic mass is 9.93. The minimum absolute atomic E-state index is 0.0101. The van der Waals surface area contributed by atoms with Crippen LogP contribution in [0.4, 0.5) is 19.2 Å². The van der Waals surface area contributed by atoms with Crippen molar-refractivity contribution in [2.75, 3.05) is 39.8 Å². The summed E-state index contributed by atoms with van der Waals surface area (Å²) < 4.78 is 34.1. The summed E-state index contributed by atoms with van der Waals surface area (Å²) in [6, 6.07) is 3.24. The SMILES string of the molecule is CCCCCCCCCCN(CCC(=O)N[C@@H](CCCCNC(=O)OC(C)(C)C)C(=O)N(C)[C@@H]1C(=O)N[C@@H](C)C(=O)N[C@H](C(=O)O)Cc2ccc(OC(=O)OC(C)(C)C)c(c2)-c2cc1ccc2OCCNC(=O)OC(C)(C)C)C(=O)OC(C)(C)C. The quantitative estimate of drug-likeness (QED) is 0.0221. The number of aliphatic carboxylic acids is 1. The summed E-state index contributed by atoms with van der Waals surface area (Å²) in [5, 5.41) is 23.7. The molecular weight excluding hydrogens is 1100 g/mol. The van der Waals surface area contributed by atoms with Crippen LogP contribution in [0.15, 0.2) is 36.4 Å². The van der Waals surface area contributed by atoms with Crippen molar-refractivity contribution in [3.05, 3.63) is 47.5 Å². The van der Waals surface area contributed by atoms with E-state index in [9.17, 15) is 43.5 Å². The van der Waals surface area contributed by atoms with Gasteiger partial charge in [0, 0.05) is 50.7 Å². The first kappa shape index (κ1) is 71.9. The highest BCUT2D eigenvalue weighted by molar-refractivity contribution is 5.96. The van der Waals surface area contributed by atoms with E-state index in [0.29, 0.717) is 24.9 Å². The number of fused-ring (bicyclic) bond motifs is 5. The number of alkyl carbamates (subject to hydrolysis) is 2.